The first-order valence-electron chi connectivity index (χ1n) is 5.93. The first-order valence-corrected chi connectivity index (χ1v) is 5.93. The summed E-state index contributed by atoms with van der Waals surface area (Å²) in [5.74, 6) is -1.02. The quantitative estimate of drug-likeness (QED) is 0.547. The van der Waals surface area contributed by atoms with E-state index in [9.17, 15) is 9.59 Å². The maximum absolute atomic E-state index is 11.5. The molecule has 2 N–H and O–H groups in total. The van der Waals surface area contributed by atoms with Crippen LogP contribution in [0.4, 0.5) is 4.79 Å². The summed E-state index contributed by atoms with van der Waals surface area (Å²) in [6.45, 7) is 3.89. The monoisotopic (exact) mass is 262 g/mol. The average molecular weight is 262 g/mol. The number of nitrogens with zero attached hydrogens (tertiary/aromatic N) is 1. The maximum Gasteiger partial charge on any atom is 0.323 e. The molecule has 2 amide bonds. The highest BCUT2D eigenvalue weighted by molar-refractivity contribution is 5.79. The van der Waals surface area contributed by atoms with Crippen molar-refractivity contribution in [2.75, 3.05) is 46.6 Å². The average Bonchev–Trinajstić information content (AvgIpc) is 2.34. The number of urea groups is 1. The number of carboxylic acids is 1. The largest absolute Gasteiger partial charge is 0.480 e. The molecule has 0 rings (SSSR count). The lowest BCUT2D eigenvalue weighted by Gasteiger charge is -2.19. The van der Waals surface area contributed by atoms with Crippen LogP contribution in [0.25, 0.3) is 0 Å². The Kier molecular flexibility index (Phi) is 9.99. The smallest absolute Gasteiger partial charge is 0.323 e. The van der Waals surface area contributed by atoms with Gasteiger partial charge in [-0.15, -0.1) is 0 Å². The van der Waals surface area contributed by atoms with Gasteiger partial charge in [-0.05, 0) is 13.3 Å². The number of carboxylic acid groups (broad SMARTS) is 1. The summed E-state index contributed by atoms with van der Waals surface area (Å²) >= 11 is 0. The van der Waals surface area contributed by atoms with Gasteiger partial charge in [0.1, 0.15) is 6.54 Å². The summed E-state index contributed by atoms with van der Waals surface area (Å²) in [6.07, 6.45) is 0.681. The van der Waals surface area contributed by atoms with E-state index in [1.165, 1.54) is 4.90 Å². The minimum atomic E-state index is -1.02. The van der Waals surface area contributed by atoms with E-state index in [1.54, 1.807) is 14.0 Å². The molecule has 0 spiro atoms. The number of carbonyl (C=O) groups excluding carboxylic acids is 1. The molecule has 0 aromatic heterocycles. The molecule has 0 bridgehead atoms. The minimum Gasteiger partial charge on any atom is -0.480 e. The lowest BCUT2D eigenvalue weighted by Crippen LogP contribution is -2.43. The van der Waals surface area contributed by atoms with Gasteiger partial charge in [0, 0.05) is 26.8 Å². The van der Waals surface area contributed by atoms with Crippen molar-refractivity contribution < 1.29 is 24.2 Å². The molecule has 0 saturated carbocycles. The molecule has 0 aliphatic carbocycles. The Morgan fingerprint density at radius 3 is 2.56 bits per heavy atom. The zero-order chi connectivity index (χ0) is 13.8. The van der Waals surface area contributed by atoms with Crippen LogP contribution in [0.3, 0.4) is 0 Å². The molecule has 7 heteroatoms. The van der Waals surface area contributed by atoms with Crippen molar-refractivity contribution in [1.29, 1.82) is 0 Å². The number of ether oxygens (including phenoxy) is 2. The number of nitrogens with one attached hydrogen (secondary N) is 1. The van der Waals surface area contributed by atoms with Crippen molar-refractivity contribution in [2.24, 2.45) is 0 Å². The van der Waals surface area contributed by atoms with Crippen molar-refractivity contribution in [3.63, 3.8) is 0 Å². The zero-order valence-electron chi connectivity index (χ0n) is 11.0. The number of hydrogen-bond acceptors (Lipinski definition) is 4. The predicted octanol–water partition coefficient (Wildman–Crippen LogP) is 0.156. The van der Waals surface area contributed by atoms with Crippen LogP contribution in [0.1, 0.15) is 13.3 Å². The summed E-state index contributed by atoms with van der Waals surface area (Å²) in [4.78, 5) is 23.3. The van der Waals surface area contributed by atoms with Crippen LogP contribution >= 0.6 is 0 Å². The van der Waals surface area contributed by atoms with Crippen LogP contribution in [0, 0.1) is 0 Å². The van der Waals surface area contributed by atoms with Gasteiger partial charge in [-0.25, -0.2) is 4.79 Å². The third kappa shape index (κ3) is 8.77. The predicted molar refractivity (Wildman–Crippen MR) is 65.6 cm³/mol. The second-order valence-electron chi connectivity index (χ2n) is 3.60. The van der Waals surface area contributed by atoms with E-state index in [0.29, 0.717) is 39.3 Å². The number of methoxy groups -OCH3 is 1. The van der Waals surface area contributed by atoms with Gasteiger partial charge in [0.05, 0.1) is 13.2 Å². The van der Waals surface area contributed by atoms with Crippen LogP contribution in [-0.4, -0.2) is 68.6 Å². The summed E-state index contributed by atoms with van der Waals surface area (Å²) in [6, 6.07) is -0.364. The van der Waals surface area contributed by atoms with Crippen molar-refractivity contribution in [2.45, 2.75) is 13.3 Å². The summed E-state index contributed by atoms with van der Waals surface area (Å²) in [7, 11) is 1.60. The zero-order valence-corrected chi connectivity index (χ0v) is 11.0. The molecule has 0 atom stereocenters. The maximum atomic E-state index is 11.5. The fourth-order valence-electron chi connectivity index (χ4n) is 1.22. The highest BCUT2D eigenvalue weighted by atomic mass is 16.5. The van der Waals surface area contributed by atoms with Gasteiger partial charge < -0.3 is 24.8 Å². The topological polar surface area (TPSA) is 88.1 Å². The lowest BCUT2D eigenvalue weighted by molar-refractivity contribution is -0.137. The Morgan fingerprint density at radius 1 is 1.28 bits per heavy atom. The van der Waals surface area contributed by atoms with E-state index >= 15 is 0 Å². The SMILES string of the molecule is CCN(CC(=O)O)C(=O)NCCCOCCOC. The van der Waals surface area contributed by atoms with Crippen molar-refractivity contribution >= 4 is 12.0 Å². The molecule has 0 aromatic rings. The molecule has 0 aliphatic rings. The van der Waals surface area contributed by atoms with Crippen molar-refractivity contribution in [1.82, 2.24) is 10.2 Å². The van der Waals surface area contributed by atoms with Gasteiger partial charge in [0.15, 0.2) is 0 Å². The Labute approximate surface area is 107 Å². The van der Waals surface area contributed by atoms with Gasteiger partial charge in [0.25, 0.3) is 0 Å². The number of likely N-dealkylation sites (N-methyl/N-ethyl adjacent to an activating group) is 1. The molecule has 0 fully saturated rings. The fraction of sp³-hybridized carbons (Fsp3) is 0.818. The van der Waals surface area contributed by atoms with Crippen molar-refractivity contribution in [3.8, 4) is 0 Å². The Bertz CT molecular complexity index is 248. The fourth-order valence-corrected chi connectivity index (χ4v) is 1.22. The van der Waals surface area contributed by atoms with Gasteiger partial charge in [0.2, 0.25) is 0 Å². The molecule has 0 radical (unpaired) electrons. The Morgan fingerprint density at radius 2 is 2.00 bits per heavy atom. The second kappa shape index (κ2) is 10.8. The summed E-state index contributed by atoms with van der Waals surface area (Å²) in [5, 5.41) is 11.2. The van der Waals surface area contributed by atoms with Crippen LogP contribution in [-0.2, 0) is 14.3 Å². The number of amides is 2. The minimum absolute atomic E-state index is 0.285. The number of aliphatic carboxylic acids is 1. The standard InChI is InChI=1S/C11H22N2O5/c1-3-13(9-10(14)15)11(16)12-5-4-6-18-8-7-17-2/h3-9H2,1-2H3,(H,12,16)(H,14,15). The number of hydrogen-bond donors (Lipinski definition) is 2. The lowest BCUT2D eigenvalue weighted by atomic mass is 10.4. The van der Waals surface area contributed by atoms with Gasteiger partial charge in [-0.2, -0.15) is 0 Å². The van der Waals surface area contributed by atoms with Crippen molar-refractivity contribution in [3.05, 3.63) is 0 Å². The molecule has 0 unspecified atom stereocenters. The van der Waals surface area contributed by atoms with E-state index in [-0.39, 0.29) is 12.6 Å². The van der Waals surface area contributed by atoms with E-state index in [1.807, 2.05) is 0 Å². The van der Waals surface area contributed by atoms with Crippen LogP contribution in [0.15, 0.2) is 0 Å². The molecular formula is C11H22N2O5. The normalized spacial score (nSPS) is 10.1. The molecule has 0 aliphatic heterocycles. The summed E-state index contributed by atoms with van der Waals surface area (Å²) < 4.78 is 10.0. The van der Waals surface area contributed by atoms with Gasteiger partial charge in [-0.1, -0.05) is 0 Å². The Hall–Kier alpha value is -1.34. The Balaban J connectivity index is 3.59. The molecule has 106 valence electrons. The molecule has 0 heterocycles. The third-order valence-electron chi connectivity index (χ3n) is 2.17. The van der Waals surface area contributed by atoms with Crippen LogP contribution in [0.5, 0.6) is 0 Å². The first-order chi connectivity index (χ1) is 8.61. The second-order valence-corrected chi connectivity index (χ2v) is 3.60. The van der Waals surface area contributed by atoms with Crippen LogP contribution in [0.2, 0.25) is 0 Å². The third-order valence-corrected chi connectivity index (χ3v) is 2.17. The highest BCUT2D eigenvalue weighted by Gasteiger charge is 2.13. The molecule has 0 aromatic carbocycles. The molecule has 18 heavy (non-hydrogen) atoms. The van der Waals surface area contributed by atoms with Crippen LogP contribution < -0.4 is 5.32 Å². The first kappa shape index (κ1) is 16.7. The molecule has 7 nitrogen and oxygen atoms in total. The van der Waals surface area contributed by atoms with E-state index in [4.69, 9.17) is 14.6 Å². The van der Waals surface area contributed by atoms with E-state index in [0.717, 1.165) is 0 Å². The van der Waals surface area contributed by atoms with Gasteiger partial charge >= 0.3 is 12.0 Å². The highest BCUT2D eigenvalue weighted by Crippen LogP contribution is 1.90. The van der Waals surface area contributed by atoms with Gasteiger partial charge in [-0.3, -0.25) is 4.79 Å². The summed E-state index contributed by atoms with van der Waals surface area (Å²) in [5.41, 5.74) is 0. The molecule has 0 saturated heterocycles. The van der Waals surface area contributed by atoms with E-state index in [2.05, 4.69) is 5.32 Å². The number of carbonyl (C=O) groups is 2. The number of rotatable bonds is 10. The molecular weight excluding hydrogens is 240 g/mol. The van der Waals surface area contributed by atoms with E-state index < -0.39 is 5.97 Å².